The minimum absolute atomic E-state index is 0.128. The first kappa shape index (κ1) is 15.3. The van der Waals surface area contributed by atoms with Crippen LogP contribution in [0, 0.1) is 0 Å². The molecule has 0 aliphatic carbocycles. The molecule has 4 heteroatoms. The molecule has 2 rings (SSSR count). The number of hydrogen-bond donors (Lipinski definition) is 1. The fourth-order valence-electron chi connectivity index (χ4n) is 2.39. The van der Waals surface area contributed by atoms with Crippen LogP contribution < -0.4 is 5.73 Å². The van der Waals surface area contributed by atoms with Crippen LogP contribution in [0.15, 0.2) is 34.8 Å². The molecule has 0 radical (unpaired) electrons. The zero-order valence-corrected chi connectivity index (χ0v) is 13.7. The monoisotopic (exact) mass is 335 g/mol. The summed E-state index contributed by atoms with van der Waals surface area (Å²) in [4.78, 5) is 0. The van der Waals surface area contributed by atoms with E-state index in [4.69, 9.17) is 5.73 Å². The molecule has 3 nitrogen and oxygen atoms in total. The molecular weight excluding hydrogens is 314 g/mol. The molecule has 2 N–H and O–H groups in total. The Balaban J connectivity index is 2.02. The molecule has 108 valence electrons. The largest absolute Gasteiger partial charge is 0.327 e. The van der Waals surface area contributed by atoms with E-state index in [0.717, 1.165) is 36.0 Å². The van der Waals surface area contributed by atoms with E-state index in [-0.39, 0.29) is 6.04 Å². The Morgan fingerprint density at radius 2 is 1.90 bits per heavy atom. The van der Waals surface area contributed by atoms with Gasteiger partial charge >= 0.3 is 0 Å². The van der Waals surface area contributed by atoms with Crippen molar-refractivity contribution in [3.8, 4) is 0 Å². The summed E-state index contributed by atoms with van der Waals surface area (Å²) in [6.45, 7) is 5.16. The van der Waals surface area contributed by atoms with E-state index >= 15 is 0 Å². The summed E-state index contributed by atoms with van der Waals surface area (Å²) in [6, 6.07) is 10.7. The van der Waals surface area contributed by atoms with Crippen molar-refractivity contribution in [3.63, 3.8) is 0 Å². The number of halogens is 1. The third-order valence-corrected chi connectivity index (χ3v) is 3.99. The van der Waals surface area contributed by atoms with Crippen molar-refractivity contribution in [2.75, 3.05) is 0 Å². The Morgan fingerprint density at radius 1 is 1.20 bits per heavy atom. The molecule has 1 atom stereocenters. The Kier molecular flexibility index (Phi) is 5.38. The maximum atomic E-state index is 6.30. The third kappa shape index (κ3) is 3.93. The van der Waals surface area contributed by atoms with Crippen LogP contribution in [-0.4, -0.2) is 15.8 Å². The van der Waals surface area contributed by atoms with Gasteiger partial charge in [-0.05, 0) is 43.5 Å². The average molecular weight is 336 g/mol. The second kappa shape index (κ2) is 7.04. The number of aromatic nitrogens is 2. The molecule has 2 aromatic rings. The van der Waals surface area contributed by atoms with Gasteiger partial charge in [-0.1, -0.05) is 35.0 Å². The topological polar surface area (TPSA) is 43.8 Å². The summed E-state index contributed by atoms with van der Waals surface area (Å²) in [6.07, 6.45) is 2.74. The first-order valence-corrected chi connectivity index (χ1v) is 7.97. The lowest BCUT2D eigenvalue weighted by Crippen LogP contribution is -2.26. The highest BCUT2D eigenvalue weighted by Gasteiger charge is 2.11. The number of nitrogens with zero attached hydrogens (tertiary/aromatic N) is 2. The SMILES string of the molecule is CCc1cc(CC(N)Cc2ccc(Br)cc2)n(CC)n1. The highest BCUT2D eigenvalue weighted by Crippen LogP contribution is 2.14. The summed E-state index contributed by atoms with van der Waals surface area (Å²) >= 11 is 3.45. The average Bonchev–Trinajstić information content (AvgIpc) is 2.83. The summed E-state index contributed by atoms with van der Waals surface area (Å²) in [5, 5.41) is 4.57. The van der Waals surface area contributed by atoms with Crippen LogP contribution in [0.3, 0.4) is 0 Å². The minimum Gasteiger partial charge on any atom is -0.327 e. The Labute approximate surface area is 129 Å². The van der Waals surface area contributed by atoms with Crippen LogP contribution >= 0.6 is 15.9 Å². The van der Waals surface area contributed by atoms with Gasteiger partial charge in [-0.3, -0.25) is 4.68 Å². The minimum atomic E-state index is 0.128. The predicted molar refractivity (Wildman–Crippen MR) is 86.8 cm³/mol. The first-order valence-electron chi connectivity index (χ1n) is 7.18. The van der Waals surface area contributed by atoms with Crippen molar-refractivity contribution in [2.45, 2.75) is 45.7 Å². The number of aryl methyl sites for hydroxylation is 2. The highest BCUT2D eigenvalue weighted by molar-refractivity contribution is 9.10. The van der Waals surface area contributed by atoms with Gasteiger partial charge in [0.15, 0.2) is 0 Å². The number of nitrogens with two attached hydrogens (primary N) is 1. The second-order valence-corrected chi connectivity index (χ2v) is 6.01. The molecule has 0 saturated heterocycles. The van der Waals surface area contributed by atoms with Crippen LogP contribution in [0.25, 0.3) is 0 Å². The lowest BCUT2D eigenvalue weighted by atomic mass is 10.0. The van der Waals surface area contributed by atoms with Gasteiger partial charge in [0.2, 0.25) is 0 Å². The fourth-order valence-corrected chi connectivity index (χ4v) is 2.65. The van der Waals surface area contributed by atoms with E-state index < -0.39 is 0 Å². The van der Waals surface area contributed by atoms with E-state index in [9.17, 15) is 0 Å². The zero-order valence-electron chi connectivity index (χ0n) is 12.1. The first-order chi connectivity index (χ1) is 9.62. The predicted octanol–water partition coefficient (Wildman–Crippen LogP) is 3.34. The lowest BCUT2D eigenvalue weighted by molar-refractivity contribution is 0.573. The fraction of sp³-hybridized carbons (Fsp3) is 0.438. The molecule has 0 aliphatic rings. The molecule has 0 spiro atoms. The van der Waals surface area contributed by atoms with E-state index in [2.05, 4.69) is 69.9 Å². The van der Waals surface area contributed by atoms with Gasteiger partial charge in [-0.2, -0.15) is 5.10 Å². The van der Waals surface area contributed by atoms with Gasteiger partial charge in [0.1, 0.15) is 0 Å². The van der Waals surface area contributed by atoms with Crippen LogP contribution in [0.1, 0.15) is 30.8 Å². The summed E-state index contributed by atoms with van der Waals surface area (Å²) in [5.41, 5.74) is 9.97. The van der Waals surface area contributed by atoms with Crippen molar-refractivity contribution < 1.29 is 0 Å². The Morgan fingerprint density at radius 3 is 2.50 bits per heavy atom. The Bertz CT molecular complexity index is 545. The van der Waals surface area contributed by atoms with Crippen LogP contribution in [-0.2, 0) is 25.8 Å². The van der Waals surface area contributed by atoms with E-state index in [0.29, 0.717) is 0 Å². The molecular formula is C16H22BrN3. The summed E-state index contributed by atoms with van der Waals surface area (Å²) in [7, 11) is 0. The molecule has 1 aromatic carbocycles. The molecule has 0 fully saturated rings. The van der Waals surface area contributed by atoms with Gasteiger partial charge in [-0.25, -0.2) is 0 Å². The second-order valence-electron chi connectivity index (χ2n) is 5.09. The van der Waals surface area contributed by atoms with Gasteiger partial charge in [-0.15, -0.1) is 0 Å². The maximum absolute atomic E-state index is 6.30. The zero-order chi connectivity index (χ0) is 14.5. The molecule has 0 bridgehead atoms. The molecule has 20 heavy (non-hydrogen) atoms. The van der Waals surface area contributed by atoms with Crippen molar-refractivity contribution in [2.24, 2.45) is 5.73 Å². The van der Waals surface area contributed by atoms with Gasteiger partial charge in [0.25, 0.3) is 0 Å². The molecule has 0 amide bonds. The van der Waals surface area contributed by atoms with Crippen LogP contribution in [0.4, 0.5) is 0 Å². The molecule has 1 heterocycles. The van der Waals surface area contributed by atoms with Crippen LogP contribution in [0.2, 0.25) is 0 Å². The smallest absolute Gasteiger partial charge is 0.0624 e. The van der Waals surface area contributed by atoms with E-state index in [1.54, 1.807) is 0 Å². The summed E-state index contributed by atoms with van der Waals surface area (Å²) in [5.74, 6) is 0. The van der Waals surface area contributed by atoms with Crippen molar-refractivity contribution >= 4 is 15.9 Å². The molecule has 0 aliphatic heterocycles. The maximum Gasteiger partial charge on any atom is 0.0624 e. The van der Waals surface area contributed by atoms with Gasteiger partial charge < -0.3 is 5.73 Å². The Hall–Kier alpha value is -1.13. The summed E-state index contributed by atoms with van der Waals surface area (Å²) < 4.78 is 3.17. The lowest BCUT2D eigenvalue weighted by Gasteiger charge is -2.12. The van der Waals surface area contributed by atoms with Crippen molar-refractivity contribution in [1.29, 1.82) is 0 Å². The van der Waals surface area contributed by atoms with E-state index in [1.807, 2.05) is 0 Å². The standard InChI is InChI=1S/C16H22BrN3/c1-3-15-11-16(20(4-2)19-15)10-14(18)9-12-5-7-13(17)8-6-12/h5-8,11,14H,3-4,9-10,18H2,1-2H3. The highest BCUT2D eigenvalue weighted by atomic mass is 79.9. The third-order valence-electron chi connectivity index (χ3n) is 3.46. The van der Waals surface area contributed by atoms with Gasteiger partial charge in [0, 0.05) is 29.2 Å². The van der Waals surface area contributed by atoms with Gasteiger partial charge in [0.05, 0.1) is 5.69 Å². The number of rotatable bonds is 6. The van der Waals surface area contributed by atoms with E-state index in [1.165, 1.54) is 11.3 Å². The number of hydrogen-bond acceptors (Lipinski definition) is 2. The molecule has 1 unspecified atom stereocenters. The van der Waals surface area contributed by atoms with Crippen LogP contribution in [0.5, 0.6) is 0 Å². The molecule has 1 aromatic heterocycles. The quantitative estimate of drug-likeness (QED) is 0.879. The number of benzene rings is 1. The molecule has 0 saturated carbocycles. The van der Waals surface area contributed by atoms with Crippen molar-refractivity contribution in [1.82, 2.24) is 9.78 Å². The normalized spacial score (nSPS) is 12.6. The van der Waals surface area contributed by atoms with Crippen molar-refractivity contribution in [3.05, 3.63) is 51.8 Å².